The van der Waals surface area contributed by atoms with Crippen LogP contribution in [0.4, 0.5) is 4.39 Å². The number of hydrogen-bond acceptors (Lipinski definition) is 6. The summed E-state index contributed by atoms with van der Waals surface area (Å²) in [4.78, 5) is 57.4. The van der Waals surface area contributed by atoms with Gasteiger partial charge in [0.1, 0.15) is 11.6 Å². The molecule has 3 heterocycles. The summed E-state index contributed by atoms with van der Waals surface area (Å²) < 4.78 is 14.5. The van der Waals surface area contributed by atoms with Crippen LogP contribution in [-0.4, -0.2) is 50.4 Å². The van der Waals surface area contributed by atoms with E-state index >= 15 is 0 Å². The fourth-order valence-corrected chi connectivity index (χ4v) is 4.79. The monoisotopic (exact) mass is 499 g/mol. The molecule has 192 valence electrons. The van der Waals surface area contributed by atoms with Crippen LogP contribution in [0.15, 0.2) is 29.1 Å². The van der Waals surface area contributed by atoms with Gasteiger partial charge in [-0.15, -0.1) is 0 Å². The summed E-state index contributed by atoms with van der Waals surface area (Å²) in [7, 11) is 1.53. The highest BCUT2D eigenvalue weighted by molar-refractivity contribution is 6.35. The lowest BCUT2D eigenvalue weighted by molar-refractivity contribution is -0.147. The van der Waals surface area contributed by atoms with Crippen molar-refractivity contribution in [3.63, 3.8) is 0 Å². The second-order valence-corrected chi connectivity index (χ2v) is 9.85. The molecule has 0 spiro atoms. The third kappa shape index (κ3) is 4.69. The summed E-state index contributed by atoms with van der Waals surface area (Å²) >= 11 is 0. The normalized spacial score (nSPS) is 20.4. The Hall–Kier alpha value is -3.76. The number of fused-ring (bicyclic) bond motifs is 2. The molecular weight excluding hydrogens is 469 g/mol. The molecule has 3 N–H and O–H groups in total. The molecule has 1 saturated carbocycles. The van der Waals surface area contributed by atoms with Crippen LogP contribution in [0.25, 0.3) is 0 Å². The molecule has 36 heavy (non-hydrogen) atoms. The van der Waals surface area contributed by atoms with E-state index in [0.717, 1.165) is 0 Å². The first-order valence-electron chi connectivity index (χ1n) is 12.0. The Balaban J connectivity index is 1.68. The van der Waals surface area contributed by atoms with Crippen LogP contribution in [0.3, 0.4) is 0 Å². The molecule has 0 unspecified atom stereocenters. The number of likely N-dealkylation sites (N-methyl/N-ethyl adjacent to an activating group) is 1. The molecule has 5 rings (SSSR count). The molecule has 2 bridgehead atoms. The van der Waals surface area contributed by atoms with Crippen molar-refractivity contribution >= 4 is 17.7 Å². The topological polar surface area (TPSA) is 134 Å². The number of hydrogen-bond donors (Lipinski definition) is 3. The molecule has 11 heteroatoms. The molecule has 0 radical (unpaired) electrons. The first-order valence-corrected chi connectivity index (χ1v) is 12.0. The third-order valence-electron chi connectivity index (χ3n) is 7.20. The quantitative estimate of drug-likeness (QED) is 0.533. The second kappa shape index (κ2) is 9.71. The second-order valence-electron chi connectivity index (χ2n) is 9.85. The number of nitrogens with zero attached hydrogens (tertiary/aromatic N) is 3. The van der Waals surface area contributed by atoms with Crippen LogP contribution in [-0.2, 0) is 28.2 Å². The Labute approximate surface area is 207 Å². The van der Waals surface area contributed by atoms with Crippen molar-refractivity contribution in [3.8, 4) is 5.75 Å². The maximum atomic E-state index is 13.2. The highest BCUT2D eigenvalue weighted by atomic mass is 19.1. The van der Waals surface area contributed by atoms with Crippen LogP contribution >= 0.6 is 0 Å². The molecule has 3 amide bonds. The average molecular weight is 500 g/mol. The summed E-state index contributed by atoms with van der Waals surface area (Å²) in [5, 5.41) is 16.0. The third-order valence-corrected chi connectivity index (χ3v) is 7.20. The van der Waals surface area contributed by atoms with Crippen molar-refractivity contribution in [2.75, 3.05) is 7.05 Å². The Morgan fingerprint density at radius 1 is 1.22 bits per heavy atom. The molecule has 1 aromatic carbocycles. The van der Waals surface area contributed by atoms with Gasteiger partial charge in [-0.2, -0.15) is 0 Å². The highest BCUT2D eigenvalue weighted by Crippen LogP contribution is 2.43. The van der Waals surface area contributed by atoms with Gasteiger partial charge < -0.3 is 20.6 Å². The van der Waals surface area contributed by atoms with Gasteiger partial charge in [-0.3, -0.25) is 23.7 Å². The molecule has 10 nitrogen and oxygen atoms in total. The molecular formula is C25H30FN5O5. The van der Waals surface area contributed by atoms with Crippen molar-refractivity contribution in [1.82, 2.24) is 25.1 Å². The molecule has 0 atom stereocenters. The minimum Gasteiger partial charge on any atom is -0.501 e. The zero-order valence-corrected chi connectivity index (χ0v) is 20.5. The summed E-state index contributed by atoms with van der Waals surface area (Å²) in [5.41, 5.74) is -1.75. The minimum atomic E-state index is -1.13. The number of carbonyl (C=O) groups excluding carboxylic acids is 3. The number of nitrogens with one attached hydrogen (secondary N) is 2. The van der Waals surface area contributed by atoms with Crippen molar-refractivity contribution in [2.24, 2.45) is 5.92 Å². The maximum Gasteiger partial charge on any atom is 0.311 e. The van der Waals surface area contributed by atoms with Crippen LogP contribution in [0.5, 0.6) is 5.75 Å². The van der Waals surface area contributed by atoms with Gasteiger partial charge >= 0.3 is 11.8 Å². The van der Waals surface area contributed by atoms with Gasteiger partial charge in [0.25, 0.3) is 11.5 Å². The summed E-state index contributed by atoms with van der Waals surface area (Å²) in [6.07, 6.45) is 2.25. The first kappa shape index (κ1) is 25.3. The van der Waals surface area contributed by atoms with E-state index in [4.69, 9.17) is 0 Å². The van der Waals surface area contributed by atoms with E-state index in [9.17, 15) is 28.7 Å². The van der Waals surface area contributed by atoms with Crippen molar-refractivity contribution in [3.05, 3.63) is 57.5 Å². The van der Waals surface area contributed by atoms with Gasteiger partial charge in [0.2, 0.25) is 5.75 Å². The Bertz CT molecular complexity index is 1250. The standard InChI is InChI=1S/C25H30FN5O5/c1-14(2)30(3)23(36)21(34)29-25-10-8-16(9-11-25)13-31-22(35)19(32)18(28-24(25)31)20(33)27-12-15-4-6-17(26)7-5-15/h4-7,14,16,32H,8-13H2,1-3H3,(H,27,33)(H,29,34). The Kier molecular flexibility index (Phi) is 6.83. The number of aromatic nitrogens is 2. The highest BCUT2D eigenvalue weighted by Gasteiger charge is 2.47. The number of halogens is 1. The lowest BCUT2D eigenvalue weighted by Crippen LogP contribution is -2.54. The van der Waals surface area contributed by atoms with Crippen LogP contribution in [0, 0.1) is 11.7 Å². The molecule has 2 aliphatic heterocycles. The van der Waals surface area contributed by atoms with Gasteiger partial charge in [-0.1, -0.05) is 12.1 Å². The van der Waals surface area contributed by atoms with Crippen LogP contribution < -0.4 is 16.2 Å². The molecule has 1 aliphatic carbocycles. The number of benzene rings is 1. The predicted octanol–water partition coefficient (Wildman–Crippen LogP) is 1.40. The largest absolute Gasteiger partial charge is 0.501 e. The zero-order valence-electron chi connectivity index (χ0n) is 20.5. The predicted molar refractivity (Wildman–Crippen MR) is 127 cm³/mol. The van der Waals surface area contributed by atoms with Crippen LogP contribution in [0.2, 0.25) is 0 Å². The minimum absolute atomic E-state index is 0.0264. The fourth-order valence-electron chi connectivity index (χ4n) is 4.79. The fraction of sp³-hybridized carbons (Fsp3) is 0.480. The Morgan fingerprint density at radius 3 is 2.47 bits per heavy atom. The number of rotatable bonds is 5. The van der Waals surface area contributed by atoms with Gasteiger partial charge in [0.15, 0.2) is 5.69 Å². The van der Waals surface area contributed by atoms with Crippen LogP contribution in [0.1, 0.15) is 61.4 Å². The summed E-state index contributed by atoms with van der Waals surface area (Å²) in [6.45, 7) is 3.90. The summed E-state index contributed by atoms with van der Waals surface area (Å²) in [5.74, 6) is -3.21. The van der Waals surface area contributed by atoms with Gasteiger partial charge in [-0.05, 0) is 63.1 Å². The van der Waals surface area contributed by atoms with Crippen molar-refractivity contribution in [1.29, 1.82) is 0 Å². The van der Waals surface area contributed by atoms with Gasteiger partial charge in [-0.25, -0.2) is 9.37 Å². The van der Waals surface area contributed by atoms with E-state index in [-0.39, 0.29) is 24.3 Å². The lowest BCUT2D eigenvalue weighted by atomic mass is 9.77. The van der Waals surface area contributed by atoms with E-state index in [1.54, 1.807) is 13.8 Å². The summed E-state index contributed by atoms with van der Waals surface area (Å²) in [6, 6.07) is 5.33. The van der Waals surface area contributed by atoms with E-state index < -0.39 is 46.1 Å². The van der Waals surface area contributed by atoms with Crippen molar-refractivity contribution < 1.29 is 23.9 Å². The van der Waals surface area contributed by atoms with Crippen molar-refractivity contribution in [2.45, 2.75) is 64.2 Å². The number of aromatic hydroxyl groups is 1. The molecule has 0 saturated heterocycles. The van der Waals surface area contributed by atoms with E-state index in [2.05, 4.69) is 15.6 Å². The van der Waals surface area contributed by atoms with Gasteiger partial charge in [0, 0.05) is 26.2 Å². The van der Waals surface area contributed by atoms with Gasteiger partial charge in [0.05, 0.1) is 5.54 Å². The first-order chi connectivity index (χ1) is 17.0. The van der Waals surface area contributed by atoms with E-state index in [1.165, 1.54) is 40.8 Å². The molecule has 1 aromatic heterocycles. The average Bonchev–Trinajstić information content (AvgIpc) is 3.10. The van der Waals surface area contributed by atoms with E-state index in [0.29, 0.717) is 37.8 Å². The molecule has 3 aliphatic rings. The molecule has 1 fully saturated rings. The SMILES string of the molecule is CC(C)N(C)C(=O)C(=O)NC12CCC(CC1)Cn1c2nc(C(=O)NCc2ccc(F)cc2)c(O)c1=O. The lowest BCUT2D eigenvalue weighted by Gasteiger charge is -2.37. The Morgan fingerprint density at radius 2 is 1.86 bits per heavy atom. The number of amides is 3. The maximum absolute atomic E-state index is 13.2. The molecule has 2 aromatic rings. The number of carbonyl (C=O) groups is 3. The van der Waals surface area contributed by atoms with E-state index in [1.807, 2.05) is 0 Å². The smallest absolute Gasteiger partial charge is 0.311 e. The zero-order chi connectivity index (χ0) is 26.2.